The first-order valence-electron chi connectivity index (χ1n) is 7.92. The highest BCUT2D eigenvalue weighted by atomic mass is 32.2. The van der Waals surface area contributed by atoms with Crippen molar-refractivity contribution in [3.63, 3.8) is 0 Å². The van der Waals surface area contributed by atoms with Gasteiger partial charge in [-0.3, -0.25) is 0 Å². The van der Waals surface area contributed by atoms with E-state index in [-0.39, 0.29) is 29.0 Å². The summed E-state index contributed by atoms with van der Waals surface area (Å²) in [6, 6.07) is 10.3. The van der Waals surface area contributed by atoms with Gasteiger partial charge in [-0.25, -0.2) is 17.6 Å². The number of aromatic nitrogens is 2. The molecule has 0 bridgehead atoms. The summed E-state index contributed by atoms with van der Waals surface area (Å²) in [7, 11) is -3.72. The molecular weight excluding hydrogens is 345 g/mol. The maximum atomic E-state index is 13.1. The molecule has 0 aliphatic heterocycles. The number of imidazole rings is 1. The molecule has 0 amide bonds. The maximum absolute atomic E-state index is 13.1. The number of sulfonamides is 1. The fraction of sp³-hybridized carbons (Fsp3) is 0.235. The van der Waals surface area contributed by atoms with E-state index in [1.54, 1.807) is 18.2 Å². The van der Waals surface area contributed by atoms with Gasteiger partial charge in [0.25, 0.3) is 0 Å². The molecule has 1 fully saturated rings. The van der Waals surface area contributed by atoms with E-state index in [4.69, 9.17) is 0 Å². The summed E-state index contributed by atoms with van der Waals surface area (Å²) in [5.74, 6) is -0.355. The minimum atomic E-state index is -3.72. The van der Waals surface area contributed by atoms with E-state index in [1.807, 2.05) is 0 Å². The van der Waals surface area contributed by atoms with Crippen molar-refractivity contribution in [1.82, 2.24) is 14.3 Å². The van der Waals surface area contributed by atoms with E-state index in [0.717, 1.165) is 18.4 Å². The second-order valence-electron chi connectivity index (χ2n) is 6.19. The summed E-state index contributed by atoms with van der Waals surface area (Å²) in [5.41, 5.74) is 1.35. The number of H-pyrrole nitrogens is 2. The predicted octanol–water partition coefficient (Wildman–Crippen LogP) is 2.35. The third-order valence-corrected chi connectivity index (χ3v) is 6.19. The Morgan fingerprint density at radius 2 is 1.72 bits per heavy atom. The first-order chi connectivity index (χ1) is 11.9. The number of aromatic amines is 2. The lowest BCUT2D eigenvalue weighted by atomic mass is 10.2. The van der Waals surface area contributed by atoms with Gasteiger partial charge in [0.05, 0.1) is 15.9 Å². The van der Waals surface area contributed by atoms with E-state index in [9.17, 15) is 17.6 Å². The van der Waals surface area contributed by atoms with Crippen molar-refractivity contribution >= 4 is 21.1 Å². The molecule has 1 aliphatic rings. The van der Waals surface area contributed by atoms with E-state index < -0.39 is 10.0 Å². The zero-order chi connectivity index (χ0) is 17.6. The molecule has 1 aliphatic carbocycles. The Bertz CT molecular complexity index is 1080. The number of nitrogens with one attached hydrogen (secondary N) is 2. The van der Waals surface area contributed by atoms with Gasteiger partial charge in [0.2, 0.25) is 10.0 Å². The second-order valence-corrected chi connectivity index (χ2v) is 8.08. The number of benzene rings is 2. The minimum absolute atomic E-state index is 0.0453. The third-order valence-electron chi connectivity index (χ3n) is 4.30. The van der Waals surface area contributed by atoms with Gasteiger partial charge in [-0.15, -0.1) is 0 Å². The van der Waals surface area contributed by atoms with Crippen molar-refractivity contribution in [2.75, 3.05) is 0 Å². The molecule has 3 aromatic rings. The summed E-state index contributed by atoms with van der Waals surface area (Å²) in [6.07, 6.45) is 1.62. The molecule has 2 aromatic carbocycles. The number of halogens is 1. The number of fused-ring (bicyclic) bond motifs is 1. The van der Waals surface area contributed by atoms with Gasteiger partial charge in [0, 0.05) is 12.6 Å². The molecule has 0 unspecified atom stereocenters. The molecule has 0 spiro atoms. The van der Waals surface area contributed by atoms with E-state index in [2.05, 4.69) is 9.97 Å². The molecule has 0 saturated heterocycles. The highest BCUT2D eigenvalue weighted by molar-refractivity contribution is 7.89. The predicted molar refractivity (Wildman–Crippen MR) is 91.1 cm³/mol. The molecule has 25 heavy (non-hydrogen) atoms. The van der Waals surface area contributed by atoms with Crippen LogP contribution in [0.1, 0.15) is 18.4 Å². The maximum Gasteiger partial charge on any atom is 0.323 e. The minimum Gasteiger partial charge on any atom is -0.306 e. The van der Waals surface area contributed by atoms with Crippen LogP contribution in [0.4, 0.5) is 4.39 Å². The summed E-state index contributed by atoms with van der Waals surface area (Å²) in [4.78, 5) is 16.7. The zero-order valence-electron chi connectivity index (χ0n) is 13.2. The highest BCUT2D eigenvalue weighted by Gasteiger charge is 2.38. The average molecular weight is 361 g/mol. The lowest BCUT2D eigenvalue weighted by Crippen LogP contribution is -2.32. The van der Waals surface area contributed by atoms with Gasteiger partial charge in [-0.05, 0) is 48.7 Å². The Hall–Kier alpha value is -2.45. The molecule has 0 radical (unpaired) electrons. The van der Waals surface area contributed by atoms with Crippen LogP contribution in [0.2, 0.25) is 0 Å². The van der Waals surface area contributed by atoms with Crippen molar-refractivity contribution in [2.45, 2.75) is 30.3 Å². The SMILES string of the molecule is O=c1[nH]c2ccc(S(=O)(=O)N(Cc3ccc(F)cc3)C3CC3)cc2[nH]1. The van der Waals surface area contributed by atoms with Crippen molar-refractivity contribution in [2.24, 2.45) is 0 Å². The Balaban J connectivity index is 1.71. The lowest BCUT2D eigenvalue weighted by molar-refractivity contribution is 0.398. The van der Waals surface area contributed by atoms with Crippen molar-refractivity contribution in [3.05, 3.63) is 64.3 Å². The van der Waals surface area contributed by atoms with Crippen molar-refractivity contribution in [1.29, 1.82) is 0 Å². The van der Waals surface area contributed by atoms with Gasteiger partial charge in [0.15, 0.2) is 0 Å². The standard InChI is InChI=1S/C17H16FN3O3S/c18-12-3-1-11(2-4-12)10-21(13-5-6-13)25(23,24)14-7-8-15-16(9-14)20-17(22)19-15/h1-4,7-9,13H,5-6,10H2,(H2,19,20,22). The van der Waals surface area contributed by atoms with Crippen LogP contribution >= 0.6 is 0 Å². The fourth-order valence-electron chi connectivity index (χ4n) is 2.85. The molecule has 1 saturated carbocycles. The molecular formula is C17H16FN3O3S. The molecule has 8 heteroatoms. The summed E-state index contributed by atoms with van der Waals surface area (Å²) >= 11 is 0. The van der Waals surface area contributed by atoms with Gasteiger partial charge in [0.1, 0.15) is 5.82 Å². The third kappa shape index (κ3) is 3.10. The van der Waals surface area contributed by atoms with Crippen molar-refractivity contribution in [3.8, 4) is 0 Å². The van der Waals surface area contributed by atoms with E-state index >= 15 is 0 Å². The molecule has 4 rings (SSSR count). The average Bonchev–Trinajstić information content (AvgIpc) is 3.33. The number of rotatable bonds is 5. The smallest absolute Gasteiger partial charge is 0.306 e. The summed E-state index contributed by atoms with van der Waals surface area (Å²) < 4.78 is 40.7. The number of hydrogen-bond donors (Lipinski definition) is 2. The fourth-order valence-corrected chi connectivity index (χ4v) is 4.55. The summed E-state index contributed by atoms with van der Waals surface area (Å²) in [5, 5.41) is 0. The molecule has 1 aromatic heterocycles. The van der Waals surface area contributed by atoms with Crippen LogP contribution in [0.15, 0.2) is 52.2 Å². The van der Waals surface area contributed by atoms with Crippen LogP contribution in [-0.4, -0.2) is 28.7 Å². The monoisotopic (exact) mass is 361 g/mol. The van der Waals surface area contributed by atoms with Crippen LogP contribution in [0.3, 0.4) is 0 Å². The van der Waals surface area contributed by atoms with Crippen LogP contribution in [-0.2, 0) is 16.6 Å². The van der Waals surface area contributed by atoms with Crippen molar-refractivity contribution < 1.29 is 12.8 Å². The first-order valence-corrected chi connectivity index (χ1v) is 9.36. The van der Waals surface area contributed by atoms with Gasteiger partial charge in [-0.1, -0.05) is 12.1 Å². The summed E-state index contributed by atoms with van der Waals surface area (Å²) in [6.45, 7) is 0.189. The van der Waals surface area contributed by atoms with E-state index in [1.165, 1.54) is 28.6 Å². The van der Waals surface area contributed by atoms with E-state index in [0.29, 0.717) is 11.0 Å². The molecule has 130 valence electrons. The normalized spacial score (nSPS) is 15.1. The van der Waals surface area contributed by atoms with Gasteiger partial charge in [-0.2, -0.15) is 4.31 Å². The van der Waals surface area contributed by atoms with Crippen LogP contribution < -0.4 is 5.69 Å². The lowest BCUT2D eigenvalue weighted by Gasteiger charge is -2.22. The largest absolute Gasteiger partial charge is 0.323 e. The Kier molecular flexibility index (Phi) is 3.73. The quantitative estimate of drug-likeness (QED) is 0.731. The first kappa shape index (κ1) is 16.0. The molecule has 0 atom stereocenters. The van der Waals surface area contributed by atoms with Gasteiger partial charge < -0.3 is 9.97 Å². The van der Waals surface area contributed by atoms with Crippen LogP contribution in [0, 0.1) is 5.82 Å². The number of nitrogens with zero attached hydrogens (tertiary/aromatic N) is 1. The Labute approximate surface area is 143 Å². The Morgan fingerprint density at radius 3 is 2.40 bits per heavy atom. The molecule has 1 heterocycles. The zero-order valence-corrected chi connectivity index (χ0v) is 14.0. The van der Waals surface area contributed by atoms with Crippen LogP contribution in [0.25, 0.3) is 11.0 Å². The molecule has 6 nitrogen and oxygen atoms in total. The number of hydrogen-bond acceptors (Lipinski definition) is 3. The van der Waals surface area contributed by atoms with Crippen LogP contribution in [0.5, 0.6) is 0 Å². The van der Waals surface area contributed by atoms with Gasteiger partial charge >= 0.3 is 5.69 Å². The topological polar surface area (TPSA) is 86.0 Å². The second kappa shape index (κ2) is 5.82. The Morgan fingerprint density at radius 1 is 1.04 bits per heavy atom. The highest BCUT2D eigenvalue weighted by Crippen LogP contribution is 2.34. The molecule has 2 N–H and O–H groups in total.